The van der Waals surface area contributed by atoms with Gasteiger partial charge in [0.1, 0.15) is 5.75 Å². The number of halogens is 1. The van der Waals surface area contributed by atoms with Crippen molar-refractivity contribution < 1.29 is 4.74 Å². The van der Waals surface area contributed by atoms with Gasteiger partial charge in [0, 0.05) is 12.4 Å². The monoisotopic (exact) mass is 290 g/mol. The molecule has 1 aromatic heterocycles. The van der Waals surface area contributed by atoms with E-state index in [1.807, 2.05) is 6.07 Å². The van der Waals surface area contributed by atoms with Gasteiger partial charge in [-0.15, -0.1) is 0 Å². The Hall–Kier alpha value is -1.42. The van der Waals surface area contributed by atoms with E-state index >= 15 is 0 Å². The average Bonchev–Trinajstić information content (AvgIpc) is 2.79. The summed E-state index contributed by atoms with van der Waals surface area (Å²) in [5, 5.41) is 0. The second kappa shape index (κ2) is 4.45. The Labute approximate surface area is 108 Å². The standard InChI is InChI=1S/C13H11BrN2O/c14-11-7-15-13(16-8-11)17-12-5-4-9-2-1-3-10(9)6-12/h4-8H,1-3H2. The predicted octanol–water partition coefficient (Wildman–Crippen LogP) is 3.52. The summed E-state index contributed by atoms with van der Waals surface area (Å²) >= 11 is 3.29. The number of aryl methyl sites for hydroxylation is 2. The van der Waals surface area contributed by atoms with Crippen LogP contribution in [0.2, 0.25) is 0 Å². The lowest BCUT2D eigenvalue weighted by Gasteiger charge is -2.05. The van der Waals surface area contributed by atoms with Gasteiger partial charge in [0.05, 0.1) is 4.47 Å². The van der Waals surface area contributed by atoms with Crippen LogP contribution in [0, 0.1) is 0 Å². The van der Waals surface area contributed by atoms with Crippen LogP contribution in [-0.4, -0.2) is 9.97 Å². The summed E-state index contributed by atoms with van der Waals surface area (Å²) in [4.78, 5) is 8.17. The highest BCUT2D eigenvalue weighted by Crippen LogP contribution is 2.27. The van der Waals surface area contributed by atoms with Crippen LogP contribution in [0.15, 0.2) is 35.1 Å². The van der Waals surface area contributed by atoms with Gasteiger partial charge in [-0.25, -0.2) is 9.97 Å². The van der Waals surface area contributed by atoms with E-state index in [1.54, 1.807) is 12.4 Å². The molecule has 0 aliphatic heterocycles. The van der Waals surface area contributed by atoms with Crippen LogP contribution in [0.3, 0.4) is 0 Å². The third kappa shape index (κ3) is 2.31. The third-order valence-corrected chi connectivity index (χ3v) is 3.29. The Balaban J connectivity index is 1.83. The quantitative estimate of drug-likeness (QED) is 0.849. The van der Waals surface area contributed by atoms with Crippen LogP contribution < -0.4 is 4.74 Å². The molecule has 0 amide bonds. The van der Waals surface area contributed by atoms with E-state index in [2.05, 4.69) is 38.0 Å². The summed E-state index contributed by atoms with van der Waals surface area (Å²) in [5.74, 6) is 0.813. The molecule has 0 N–H and O–H groups in total. The minimum Gasteiger partial charge on any atom is -0.424 e. The van der Waals surface area contributed by atoms with Gasteiger partial charge in [0.15, 0.2) is 0 Å². The van der Waals surface area contributed by atoms with Gasteiger partial charge in [-0.05, 0) is 58.5 Å². The van der Waals surface area contributed by atoms with Gasteiger partial charge >= 0.3 is 6.01 Å². The largest absolute Gasteiger partial charge is 0.424 e. The number of aromatic nitrogens is 2. The van der Waals surface area contributed by atoms with Crippen molar-refractivity contribution in [2.24, 2.45) is 0 Å². The molecule has 1 heterocycles. The molecular formula is C13H11BrN2O. The Morgan fingerprint density at radius 2 is 1.82 bits per heavy atom. The lowest BCUT2D eigenvalue weighted by molar-refractivity contribution is 0.441. The lowest BCUT2D eigenvalue weighted by atomic mass is 10.1. The molecule has 0 saturated carbocycles. The first-order valence-electron chi connectivity index (χ1n) is 5.58. The molecular weight excluding hydrogens is 280 g/mol. The molecule has 0 bridgehead atoms. The maximum atomic E-state index is 5.62. The predicted molar refractivity (Wildman–Crippen MR) is 68.3 cm³/mol. The molecule has 3 rings (SSSR count). The number of fused-ring (bicyclic) bond motifs is 1. The molecule has 0 unspecified atom stereocenters. The molecule has 2 aromatic rings. The van der Waals surface area contributed by atoms with E-state index in [-0.39, 0.29) is 0 Å². The zero-order valence-corrected chi connectivity index (χ0v) is 10.8. The minimum absolute atomic E-state index is 0.381. The summed E-state index contributed by atoms with van der Waals surface area (Å²) in [7, 11) is 0. The fraction of sp³-hybridized carbons (Fsp3) is 0.231. The van der Waals surface area contributed by atoms with Crippen molar-refractivity contribution in [3.8, 4) is 11.8 Å². The summed E-state index contributed by atoms with van der Waals surface area (Å²) in [5.41, 5.74) is 2.83. The number of hydrogen-bond donors (Lipinski definition) is 0. The highest BCUT2D eigenvalue weighted by molar-refractivity contribution is 9.10. The number of ether oxygens (including phenoxy) is 1. The number of nitrogens with zero attached hydrogens (tertiary/aromatic N) is 2. The van der Waals surface area contributed by atoms with E-state index in [1.165, 1.54) is 24.0 Å². The molecule has 0 spiro atoms. The van der Waals surface area contributed by atoms with Gasteiger partial charge in [0.2, 0.25) is 0 Å². The maximum Gasteiger partial charge on any atom is 0.321 e. The Morgan fingerprint density at radius 3 is 2.65 bits per heavy atom. The van der Waals surface area contributed by atoms with Crippen LogP contribution in [0.1, 0.15) is 17.5 Å². The molecule has 1 aliphatic carbocycles. The maximum absolute atomic E-state index is 5.62. The summed E-state index contributed by atoms with van der Waals surface area (Å²) in [6.07, 6.45) is 6.93. The van der Waals surface area contributed by atoms with Crippen molar-refractivity contribution in [1.29, 1.82) is 0 Å². The molecule has 0 radical (unpaired) electrons. The molecule has 4 heteroatoms. The third-order valence-electron chi connectivity index (χ3n) is 2.88. The van der Waals surface area contributed by atoms with Crippen molar-refractivity contribution in [3.05, 3.63) is 46.2 Å². The van der Waals surface area contributed by atoms with Crippen molar-refractivity contribution >= 4 is 15.9 Å². The van der Waals surface area contributed by atoms with Gasteiger partial charge in [-0.3, -0.25) is 0 Å². The summed E-state index contributed by atoms with van der Waals surface area (Å²) in [6.45, 7) is 0. The molecule has 0 saturated heterocycles. The molecule has 0 atom stereocenters. The van der Waals surface area contributed by atoms with Crippen molar-refractivity contribution in [3.63, 3.8) is 0 Å². The van der Waals surface area contributed by atoms with Crippen molar-refractivity contribution in [2.45, 2.75) is 19.3 Å². The highest BCUT2D eigenvalue weighted by atomic mass is 79.9. The van der Waals surface area contributed by atoms with Crippen LogP contribution in [0.4, 0.5) is 0 Å². The van der Waals surface area contributed by atoms with Gasteiger partial charge in [-0.1, -0.05) is 6.07 Å². The Kier molecular flexibility index (Phi) is 2.81. The topological polar surface area (TPSA) is 35.0 Å². The van der Waals surface area contributed by atoms with Crippen LogP contribution in [-0.2, 0) is 12.8 Å². The summed E-state index contributed by atoms with van der Waals surface area (Å²) in [6, 6.07) is 6.59. The molecule has 1 aromatic carbocycles. The summed E-state index contributed by atoms with van der Waals surface area (Å²) < 4.78 is 6.46. The normalized spacial score (nSPS) is 13.5. The van der Waals surface area contributed by atoms with Gasteiger partial charge < -0.3 is 4.74 Å². The van der Waals surface area contributed by atoms with Crippen LogP contribution >= 0.6 is 15.9 Å². The van der Waals surface area contributed by atoms with E-state index in [9.17, 15) is 0 Å². The minimum atomic E-state index is 0.381. The second-order valence-electron chi connectivity index (χ2n) is 4.07. The fourth-order valence-corrected chi connectivity index (χ4v) is 2.27. The van der Waals surface area contributed by atoms with Crippen LogP contribution in [0.25, 0.3) is 0 Å². The van der Waals surface area contributed by atoms with E-state index < -0.39 is 0 Å². The highest BCUT2D eigenvalue weighted by Gasteiger charge is 2.11. The van der Waals surface area contributed by atoms with Gasteiger partial charge in [0.25, 0.3) is 0 Å². The zero-order chi connectivity index (χ0) is 11.7. The van der Waals surface area contributed by atoms with E-state index in [0.717, 1.165) is 16.6 Å². The first-order chi connectivity index (χ1) is 8.31. The van der Waals surface area contributed by atoms with Crippen LogP contribution in [0.5, 0.6) is 11.8 Å². The molecule has 1 aliphatic rings. The lowest BCUT2D eigenvalue weighted by Crippen LogP contribution is -1.92. The number of rotatable bonds is 2. The average molecular weight is 291 g/mol. The first kappa shape index (κ1) is 10.7. The first-order valence-corrected chi connectivity index (χ1v) is 6.38. The number of hydrogen-bond acceptors (Lipinski definition) is 3. The zero-order valence-electron chi connectivity index (χ0n) is 9.19. The van der Waals surface area contributed by atoms with Crippen molar-refractivity contribution in [2.75, 3.05) is 0 Å². The van der Waals surface area contributed by atoms with E-state index in [4.69, 9.17) is 4.74 Å². The van der Waals surface area contributed by atoms with Crippen molar-refractivity contribution in [1.82, 2.24) is 9.97 Å². The molecule has 17 heavy (non-hydrogen) atoms. The second-order valence-corrected chi connectivity index (χ2v) is 4.99. The smallest absolute Gasteiger partial charge is 0.321 e. The molecule has 0 fully saturated rings. The SMILES string of the molecule is Brc1cnc(Oc2ccc3c(c2)CCC3)nc1. The Bertz CT molecular complexity index is 540. The van der Waals surface area contributed by atoms with E-state index in [0.29, 0.717) is 6.01 Å². The number of benzene rings is 1. The Morgan fingerprint density at radius 1 is 1.06 bits per heavy atom. The fourth-order valence-electron chi connectivity index (χ4n) is 2.07. The molecule has 3 nitrogen and oxygen atoms in total. The molecule has 86 valence electrons. The van der Waals surface area contributed by atoms with Gasteiger partial charge in [-0.2, -0.15) is 0 Å².